The molecule has 4 rings (SSSR count). The van der Waals surface area contributed by atoms with Crippen molar-refractivity contribution < 1.29 is 17.9 Å². The van der Waals surface area contributed by atoms with Crippen LogP contribution in [-0.4, -0.2) is 19.5 Å². The van der Waals surface area contributed by atoms with Crippen molar-refractivity contribution in [1.82, 2.24) is 19.5 Å². The molecule has 4 aromatic rings. The molecule has 0 amide bonds. The van der Waals surface area contributed by atoms with Crippen molar-refractivity contribution in [2.75, 3.05) is 5.32 Å². The van der Waals surface area contributed by atoms with Crippen LogP contribution >= 0.6 is 15.9 Å². The maximum absolute atomic E-state index is 14.9. The molecule has 0 atom stereocenters. The molecule has 0 aliphatic carbocycles. The third-order valence-electron chi connectivity index (χ3n) is 4.24. The molecule has 0 saturated carbocycles. The molecule has 0 aliphatic heterocycles. The number of benzene rings is 2. The molecule has 0 spiro atoms. The van der Waals surface area contributed by atoms with Gasteiger partial charge in [-0.15, -0.1) is 0 Å². The van der Waals surface area contributed by atoms with Crippen molar-refractivity contribution in [3.05, 3.63) is 65.0 Å². The first-order valence-corrected chi connectivity index (χ1v) is 9.17. The molecule has 0 bridgehead atoms. The molecule has 2 heterocycles. The zero-order chi connectivity index (χ0) is 20.5. The number of imidazole rings is 1. The quantitative estimate of drug-likeness (QED) is 0.395. The first-order chi connectivity index (χ1) is 13.9. The van der Waals surface area contributed by atoms with E-state index in [4.69, 9.17) is 4.74 Å². The van der Waals surface area contributed by atoms with Gasteiger partial charge < -0.3 is 10.1 Å². The van der Waals surface area contributed by atoms with E-state index in [2.05, 4.69) is 36.2 Å². The van der Waals surface area contributed by atoms with Gasteiger partial charge in [0.1, 0.15) is 24.2 Å². The summed E-state index contributed by atoms with van der Waals surface area (Å²) in [4.78, 5) is 12.0. The molecule has 2 aromatic carbocycles. The number of alkyl halides is 2. The predicted octanol–water partition coefficient (Wildman–Crippen LogP) is 5.97. The number of aromatic nitrogens is 4. The van der Waals surface area contributed by atoms with Crippen molar-refractivity contribution >= 4 is 38.3 Å². The number of rotatable bonds is 5. The Morgan fingerprint density at radius 1 is 1.17 bits per heavy atom. The second-order valence-corrected chi connectivity index (χ2v) is 6.99. The lowest BCUT2D eigenvalue weighted by Gasteiger charge is -2.14. The number of nitrogens with one attached hydrogen (secondary N) is 1. The second-order valence-electron chi connectivity index (χ2n) is 6.08. The number of nitrogens with zero attached hydrogens (tertiary/aromatic N) is 4. The lowest BCUT2D eigenvalue weighted by Crippen LogP contribution is -2.03. The van der Waals surface area contributed by atoms with E-state index in [9.17, 15) is 13.2 Å². The third kappa shape index (κ3) is 3.75. The highest BCUT2D eigenvalue weighted by atomic mass is 79.9. The highest BCUT2D eigenvalue weighted by Gasteiger charge is 2.17. The van der Waals surface area contributed by atoms with Crippen LogP contribution in [-0.2, 0) is 0 Å². The van der Waals surface area contributed by atoms with Gasteiger partial charge in [0, 0.05) is 15.4 Å². The zero-order valence-electron chi connectivity index (χ0n) is 14.9. The van der Waals surface area contributed by atoms with Crippen LogP contribution < -0.4 is 10.1 Å². The van der Waals surface area contributed by atoms with Gasteiger partial charge in [-0.3, -0.25) is 0 Å². The number of halogens is 4. The molecule has 10 heteroatoms. The number of fused-ring (bicyclic) bond motifs is 1. The Labute approximate surface area is 171 Å². The summed E-state index contributed by atoms with van der Waals surface area (Å²) in [5, 5.41) is 3.67. The molecular weight excluding hydrogens is 451 g/mol. The lowest BCUT2D eigenvalue weighted by molar-refractivity contribution is 0.0634. The number of anilines is 2. The normalized spacial score (nSPS) is 11.2. The van der Waals surface area contributed by atoms with Crippen LogP contribution in [0.3, 0.4) is 0 Å². The summed E-state index contributed by atoms with van der Waals surface area (Å²) in [5.41, 5.74) is 1.01. The average Bonchev–Trinajstić information content (AvgIpc) is 3.16. The van der Waals surface area contributed by atoms with E-state index in [0.717, 1.165) is 17.0 Å². The SMILES string of the molecule is Cc1c(Oc2cncn2C(F)F)ccc(Nc2ncnc3ccc(Br)cc23)c1F. The minimum absolute atomic E-state index is 0.103. The topological polar surface area (TPSA) is 64.9 Å². The van der Waals surface area contributed by atoms with E-state index >= 15 is 0 Å². The van der Waals surface area contributed by atoms with E-state index in [1.54, 1.807) is 0 Å². The molecule has 0 saturated heterocycles. The first kappa shape index (κ1) is 19.2. The Hall–Kier alpha value is -3.14. The molecule has 0 aliphatic rings. The highest BCUT2D eigenvalue weighted by molar-refractivity contribution is 9.10. The fourth-order valence-corrected chi connectivity index (χ4v) is 3.12. The van der Waals surface area contributed by atoms with E-state index < -0.39 is 12.4 Å². The fraction of sp³-hybridized carbons (Fsp3) is 0.105. The van der Waals surface area contributed by atoms with Gasteiger partial charge in [-0.05, 0) is 37.3 Å². The summed E-state index contributed by atoms with van der Waals surface area (Å²) in [6.45, 7) is -1.32. The molecule has 0 fully saturated rings. The summed E-state index contributed by atoms with van der Waals surface area (Å²) in [7, 11) is 0. The Balaban J connectivity index is 1.66. The van der Waals surface area contributed by atoms with Gasteiger partial charge in [-0.25, -0.2) is 23.9 Å². The Kier molecular flexibility index (Phi) is 5.10. The van der Waals surface area contributed by atoms with Crippen LogP contribution in [0.1, 0.15) is 12.1 Å². The number of hydrogen-bond acceptors (Lipinski definition) is 5. The zero-order valence-corrected chi connectivity index (χ0v) is 16.5. The number of hydrogen-bond donors (Lipinski definition) is 1. The largest absolute Gasteiger partial charge is 0.439 e. The van der Waals surface area contributed by atoms with Gasteiger partial charge in [0.05, 0.1) is 17.4 Å². The molecular formula is C19H13BrF3N5O. The van der Waals surface area contributed by atoms with Crippen molar-refractivity contribution in [1.29, 1.82) is 0 Å². The smallest absolute Gasteiger partial charge is 0.322 e. The summed E-state index contributed by atoms with van der Waals surface area (Å²) in [6.07, 6.45) is 3.47. The van der Waals surface area contributed by atoms with E-state index in [0.29, 0.717) is 21.3 Å². The predicted molar refractivity (Wildman–Crippen MR) is 105 cm³/mol. The van der Waals surface area contributed by atoms with Crippen LogP contribution in [0, 0.1) is 12.7 Å². The molecule has 6 nitrogen and oxygen atoms in total. The van der Waals surface area contributed by atoms with Gasteiger partial charge in [0.15, 0.2) is 5.82 Å². The van der Waals surface area contributed by atoms with Crippen molar-refractivity contribution in [2.45, 2.75) is 13.5 Å². The maximum Gasteiger partial charge on any atom is 0.322 e. The van der Waals surface area contributed by atoms with Gasteiger partial charge in [0.25, 0.3) is 0 Å². The standard InChI is InChI=1S/C19H13BrF3N5O/c1-10-15(29-16-7-24-9-28(16)19(22)23)5-4-14(17(10)21)27-18-12-6-11(20)2-3-13(12)25-8-26-18/h2-9,19H,1H3,(H,25,26,27). The minimum Gasteiger partial charge on any atom is -0.439 e. The van der Waals surface area contributed by atoms with Crippen molar-refractivity contribution in [2.24, 2.45) is 0 Å². The lowest BCUT2D eigenvalue weighted by atomic mass is 10.1. The van der Waals surface area contributed by atoms with Crippen LogP contribution in [0.15, 0.2) is 53.7 Å². The third-order valence-corrected chi connectivity index (χ3v) is 4.74. The van der Waals surface area contributed by atoms with Gasteiger partial charge >= 0.3 is 6.55 Å². The molecule has 0 radical (unpaired) electrons. The molecule has 148 valence electrons. The van der Waals surface area contributed by atoms with Crippen LogP contribution in [0.2, 0.25) is 0 Å². The van der Waals surface area contributed by atoms with Crippen LogP contribution in [0.5, 0.6) is 11.6 Å². The summed E-state index contributed by atoms with van der Waals surface area (Å²) < 4.78 is 47.7. The summed E-state index contributed by atoms with van der Waals surface area (Å²) in [6, 6.07) is 8.43. The Morgan fingerprint density at radius 2 is 2.00 bits per heavy atom. The fourth-order valence-electron chi connectivity index (χ4n) is 2.76. The monoisotopic (exact) mass is 463 g/mol. The van der Waals surface area contributed by atoms with Crippen molar-refractivity contribution in [3.63, 3.8) is 0 Å². The molecule has 0 unspecified atom stereocenters. The first-order valence-electron chi connectivity index (χ1n) is 8.38. The van der Waals surface area contributed by atoms with Crippen LogP contribution in [0.25, 0.3) is 10.9 Å². The van der Waals surface area contributed by atoms with Gasteiger partial charge in [-0.1, -0.05) is 15.9 Å². The van der Waals surface area contributed by atoms with E-state index in [-0.39, 0.29) is 22.9 Å². The summed E-state index contributed by atoms with van der Waals surface area (Å²) in [5.74, 6) is -0.244. The van der Waals surface area contributed by atoms with E-state index in [1.165, 1.54) is 25.4 Å². The number of ether oxygens (including phenoxy) is 1. The average molecular weight is 464 g/mol. The second kappa shape index (κ2) is 7.70. The molecule has 1 N–H and O–H groups in total. The van der Waals surface area contributed by atoms with Gasteiger partial charge in [0.2, 0.25) is 5.88 Å². The van der Waals surface area contributed by atoms with E-state index in [1.807, 2.05) is 18.2 Å². The molecule has 2 aromatic heterocycles. The Morgan fingerprint density at radius 3 is 2.79 bits per heavy atom. The van der Waals surface area contributed by atoms with Crippen LogP contribution in [0.4, 0.5) is 24.7 Å². The summed E-state index contributed by atoms with van der Waals surface area (Å²) >= 11 is 3.40. The highest BCUT2D eigenvalue weighted by Crippen LogP contribution is 2.34. The minimum atomic E-state index is -2.82. The maximum atomic E-state index is 14.9. The van der Waals surface area contributed by atoms with Gasteiger partial charge in [-0.2, -0.15) is 8.78 Å². The molecule has 29 heavy (non-hydrogen) atoms. The Bertz CT molecular complexity index is 1200. The van der Waals surface area contributed by atoms with Crippen molar-refractivity contribution in [3.8, 4) is 11.6 Å².